The summed E-state index contributed by atoms with van der Waals surface area (Å²) in [4.78, 5) is 13.4. The molecule has 0 saturated heterocycles. The summed E-state index contributed by atoms with van der Waals surface area (Å²) in [6.07, 6.45) is 3.69. The third-order valence-corrected chi connectivity index (χ3v) is 3.45. The molecular weight excluding hydrogens is 248 g/mol. The molecule has 3 N–H and O–H groups in total. The van der Waals surface area contributed by atoms with E-state index in [1.165, 1.54) is 11.8 Å². The van der Waals surface area contributed by atoms with Gasteiger partial charge in [0.1, 0.15) is 0 Å². The highest BCUT2D eigenvalue weighted by molar-refractivity contribution is 7.99. The normalized spacial score (nSPS) is 10.3. The number of nitrogens with two attached hydrogens (primary N) is 1. The van der Waals surface area contributed by atoms with Crippen molar-refractivity contribution in [3.63, 3.8) is 0 Å². The maximum absolute atomic E-state index is 11.5. The smallest absolute Gasteiger partial charge is 0.251 e. The van der Waals surface area contributed by atoms with Gasteiger partial charge < -0.3 is 11.1 Å². The number of rotatable bonds is 3. The molecule has 0 radical (unpaired) electrons. The molecule has 5 nitrogen and oxygen atoms in total. The largest absolute Gasteiger partial charge is 0.398 e. The number of hydrogen-bond acceptors (Lipinski definition) is 4. The second-order valence-corrected chi connectivity index (χ2v) is 4.90. The zero-order chi connectivity index (χ0) is 13.1. The average molecular weight is 262 g/mol. The maximum Gasteiger partial charge on any atom is 0.251 e. The van der Waals surface area contributed by atoms with Crippen LogP contribution >= 0.6 is 11.8 Å². The molecule has 0 unspecified atom stereocenters. The first kappa shape index (κ1) is 12.5. The number of nitrogens with one attached hydrogen (secondary N) is 1. The highest BCUT2D eigenvalue weighted by Gasteiger charge is 2.08. The molecule has 1 heterocycles. The summed E-state index contributed by atoms with van der Waals surface area (Å²) < 4.78 is 1.73. The van der Waals surface area contributed by atoms with Gasteiger partial charge in [-0.05, 0) is 18.2 Å². The van der Waals surface area contributed by atoms with Gasteiger partial charge in [0.05, 0.1) is 11.1 Å². The van der Waals surface area contributed by atoms with Crippen molar-refractivity contribution in [2.24, 2.45) is 7.05 Å². The van der Waals surface area contributed by atoms with E-state index >= 15 is 0 Å². The Kier molecular flexibility index (Phi) is 3.57. The second kappa shape index (κ2) is 5.14. The summed E-state index contributed by atoms with van der Waals surface area (Å²) in [5.41, 5.74) is 7.09. The summed E-state index contributed by atoms with van der Waals surface area (Å²) in [6.45, 7) is 0. The summed E-state index contributed by atoms with van der Waals surface area (Å²) in [5, 5.41) is 6.66. The predicted molar refractivity (Wildman–Crippen MR) is 71.6 cm³/mol. The molecule has 2 aromatic rings. The first-order valence-electron chi connectivity index (χ1n) is 5.38. The first-order chi connectivity index (χ1) is 8.60. The number of carbonyl (C=O) groups is 1. The Labute approximate surface area is 109 Å². The summed E-state index contributed by atoms with van der Waals surface area (Å²) in [5.74, 6) is -0.139. The highest BCUT2D eigenvalue weighted by Crippen LogP contribution is 2.32. The van der Waals surface area contributed by atoms with Gasteiger partial charge in [-0.25, -0.2) is 0 Å². The summed E-state index contributed by atoms with van der Waals surface area (Å²) in [7, 11) is 3.46. The van der Waals surface area contributed by atoms with Crippen molar-refractivity contribution in [3.05, 3.63) is 36.2 Å². The minimum absolute atomic E-state index is 0.139. The van der Waals surface area contributed by atoms with Crippen LogP contribution in [0.4, 0.5) is 5.69 Å². The zero-order valence-corrected chi connectivity index (χ0v) is 11.0. The van der Waals surface area contributed by atoms with Crippen LogP contribution in [0.1, 0.15) is 10.4 Å². The lowest BCUT2D eigenvalue weighted by Crippen LogP contribution is -2.17. The number of anilines is 1. The fourth-order valence-corrected chi connectivity index (χ4v) is 2.38. The number of nitrogen functional groups attached to an aromatic ring is 1. The Hall–Kier alpha value is -1.95. The standard InChI is InChI=1S/C12H14N4OS/c1-14-12(17)8-3-4-11(10(13)5-8)18-9-6-15-16(2)7-9/h3-7H,13H2,1-2H3,(H,14,17). The van der Waals surface area contributed by atoms with Crippen molar-refractivity contribution in [2.45, 2.75) is 9.79 Å². The molecule has 1 amide bonds. The number of aryl methyl sites for hydroxylation is 1. The third-order valence-electron chi connectivity index (χ3n) is 2.41. The van der Waals surface area contributed by atoms with Crippen LogP contribution in [0.25, 0.3) is 0 Å². The van der Waals surface area contributed by atoms with Crippen LogP contribution in [0.5, 0.6) is 0 Å². The van der Waals surface area contributed by atoms with E-state index in [9.17, 15) is 4.79 Å². The number of nitrogens with zero attached hydrogens (tertiary/aromatic N) is 2. The van der Waals surface area contributed by atoms with E-state index in [4.69, 9.17) is 5.73 Å². The Morgan fingerprint density at radius 2 is 2.28 bits per heavy atom. The summed E-state index contributed by atoms with van der Waals surface area (Å²) >= 11 is 1.52. The maximum atomic E-state index is 11.5. The number of aromatic nitrogens is 2. The molecule has 0 fully saturated rings. The van der Waals surface area contributed by atoms with Gasteiger partial charge in [-0.15, -0.1) is 0 Å². The van der Waals surface area contributed by atoms with Crippen LogP contribution in [-0.2, 0) is 7.05 Å². The molecule has 0 aliphatic rings. The minimum Gasteiger partial charge on any atom is -0.398 e. The molecule has 94 valence electrons. The van der Waals surface area contributed by atoms with Crippen LogP contribution < -0.4 is 11.1 Å². The quantitative estimate of drug-likeness (QED) is 0.822. The van der Waals surface area contributed by atoms with Gasteiger partial charge in [-0.1, -0.05) is 11.8 Å². The SMILES string of the molecule is CNC(=O)c1ccc(Sc2cnn(C)c2)c(N)c1. The highest BCUT2D eigenvalue weighted by atomic mass is 32.2. The molecule has 18 heavy (non-hydrogen) atoms. The molecule has 6 heteroatoms. The third kappa shape index (κ3) is 2.65. The van der Waals surface area contributed by atoms with Crippen LogP contribution in [0.2, 0.25) is 0 Å². The molecule has 1 aromatic carbocycles. The fourth-order valence-electron chi connectivity index (χ4n) is 1.51. The van der Waals surface area contributed by atoms with E-state index in [0.717, 1.165) is 9.79 Å². The van der Waals surface area contributed by atoms with E-state index in [0.29, 0.717) is 11.3 Å². The topological polar surface area (TPSA) is 72.9 Å². The zero-order valence-electron chi connectivity index (χ0n) is 10.2. The Bertz CT molecular complexity index is 579. The van der Waals surface area contributed by atoms with Crippen LogP contribution in [-0.4, -0.2) is 22.7 Å². The van der Waals surface area contributed by atoms with Crippen LogP contribution in [0.3, 0.4) is 0 Å². The molecule has 0 bridgehead atoms. The second-order valence-electron chi connectivity index (χ2n) is 3.78. The number of carbonyl (C=O) groups excluding carboxylic acids is 1. The van der Waals surface area contributed by atoms with Crippen molar-refractivity contribution in [2.75, 3.05) is 12.8 Å². The van der Waals surface area contributed by atoms with E-state index in [1.54, 1.807) is 30.1 Å². The van der Waals surface area contributed by atoms with Gasteiger partial charge in [0.15, 0.2) is 0 Å². The lowest BCUT2D eigenvalue weighted by Gasteiger charge is -2.06. The molecule has 0 saturated carbocycles. The number of amides is 1. The van der Waals surface area contributed by atoms with Crippen molar-refractivity contribution in [1.29, 1.82) is 0 Å². The van der Waals surface area contributed by atoms with Crippen molar-refractivity contribution < 1.29 is 4.79 Å². The fraction of sp³-hybridized carbons (Fsp3) is 0.167. The van der Waals surface area contributed by atoms with Gasteiger partial charge in [0.25, 0.3) is 5.91 Å². The van der Waals surface area contributed by atoms with Gasteiger partial charge >= 0.3 is 0 Å². The van der Waals surface area contributed by atoms with Crippen molar-refractivity contribution in [3.8, 4) is 0 Å². The monoisotopic (exact) mass is 262 g/mol. The molecule has 0 aliphatic heterocycles. The number of hydrogen-bond donors (Lipinski definition) is 2. The summed E-state index contributed by atoms with van der Waals surface area (Å²) in [6, 6.07) is 5.28. The van der Waals surface area contributed by atoms with Crippen molar-refractivity contribution in [1.82, 2.24) is 15.1 Å². The van der Waals surface area contributed by atoms with Gasteiger partial charge in [-0.2, -0.15) is 5.10 Å². The Morgan fingerprint density at radius 3 is 2.83 bits per heavy atom. The molecule has 0 atom stereocenters. The lowest BCUT2D eigenvalue weighted by molar-refractivity contribution is 0.0963. The van der Waals surface area contributed by atoms with Crippen LogP contribution in [0.15, 0.2) is 40.4 Å². The molecule has 2 rings (SSSR count). The molecular formula is C12H14N4OS. The Balaban J connectivity index is 2.22. The molecule has 0 spiro atoms. The average Bonchev–Trinajstić information content (AvgIpc) is 2.76. The van der Waals surface area contributed by atoms with Gasteiger partial charge in [-0.3, -0.25) is 9.48 Å². The van der Waals surface area contributed by atoms with E-state index in [-0.39, 0.29) is 5.91 Å². The predicted octanol–water partition coefficient (Wildman–Crippen LogP) is 1.51. The van der Waals surface area contributed by atoms with E-state index in [1.807, 2.05) is 19.3 Å². The first-order valence-corrected chi connectivity index (χ1v) is 6.20. The molecule has 0 aliphatic carbocycles. The van der Waals surface area contributed by atoms with E-state index < -0.39 is 0 Å². The van der Waals surface area contributed by atoms with Crippen molar-refractivity contribution >= 4 is 23.4 Å². The van der Waals surface area contributed by atoms with Gasteiger partial charge in [0, 0.05) is 36.4 Å². The van der Waals surface area contributed by atoms with Gasteiger partial charge in [0.2, 0.25) is 0 Å². The minimum atomic E-state index is -0.139. The van der Waals surface area contributed by atoms with E-state index in [2.05, 4.69) is 10.4 Å². The lowest BCUT2D eigenvalue weighted by atomic mass is 10.2. The Morgan fingerprint density at radius 1 is 1.50 bits per heavy atom. The number of benzene rings is 1. The molecule has 1 aromatic heterocycles. The van der Waals surface area contributed by atoms with Crippen LogP contribution in [0, 0.1) is 0 Å².